The molecule has 0 amide bonds. The molecule has 2 aromatic heterocycles. The van der Waals surface area contributed by atoms with Crippen LogP contribution in [0.3, 0.4) is 0 Å². The molecule has 3 rings (SSSR count). The molecular formula is C18H27IN4O2S. The molecule has 1 atom stereocenters. The van der Waals surface area contributed by atoms with Gasteiger partial charge in [0.15, 0.2) is 5.96 Å². The van der Waals surface area contributed by atoms with Crippen molar-refractivity contribution in [1.82, 2.24) is 15.2 Å². The standard InChI is InChI=1S/C18H26N4O2S.HI/c1-14-21-15(13-25-14)12-22(2)18(20-11-17-6-4-10-24-17)19-8-7-16-5-3-9-23-16;/h3,5,9,13,17H,4,6-8,10-12H2,1-2H3,(H,19,20);1H. The normalized spacial score (nSPS) is 17.2. The van der Waals surface area contributed by atoms with E-state index in [0.29, 0.717) is 6.54 Å². The quantitative estimate of drug-likeness (QED) is 0.366. The number of hydrogen-bond acceptors (Lipinski definition) is 5. The maximum Gasteiger partial charge on any atom is 0.194 e. The second-order valence-corrected chi connectivity index (χ2v) is 7.33. The Morgan fingerprint density at radius 3 is 3.04 bits per heavy atom. The van der Waals surface area contributed by atoms with Crippen LogP contribution in [0.4, 0.5) is 0 Å². The molecule has 0 spiro atoms. The Balaban J connectivity index is 0.00000243. The lowest BCUT2D eigenvalue weighted by atomic mass is 10.2. The van der Waals surface area contributed by atoms with Crippen molar-refractivity contribution < 1.29 is 9.15 Å². The molecule has 3 heterocycles. The van der Waals surface area contributed by atoms with E-state index in [0.717, 1.165) is 61.4 Å². The van der Waals surface area contributed by atoms with Crippen LogP contribution in [0.2, 0.25) is 0 Å². The zero-order valence-electron chi connectivity index (χ0n) is 15.3. The average molecular weight is 490 g/mol. The zero-order valence-corrected chi connectivity index (χ0v) is 18.5. The van der Waals surface area contributed by atoms with Gasteiger partial charge in [0.2, 0.25) is 0 Å². The van der Waals surface area contributed by atoms with Crippen LogP contribution < -0.4 is 5.32 Å². The SMILES string of the molecule is Cc1nc(CN(C)C(=NCC2CCCO2)NCCc2ccco2)cs1.I. The van der Waals surface area contributed by atoms with Gasteiger partial charge in [0, 0.05) is 32.0 Å². The second-order valence-electron chi connectivity index (χ2n) is 6.27. The van der Waals surface area contributed by atoms with E-state index in [1.165, 1.54) is 0 Å². The molecular weight excluding hydrogens is 463 g/mol. The molecule has 1 aliphatic heterocycles. The molecule has 1 fully saturated rings. The van der Waals surface area contributed by atoms with Gasteiger partial charge in [-0.2, -0.15) is 0 Å². The number of rotatable bonds is 7. The third-order valence-corrected chi connectivity index (χ3v) is 4.95. The van der Waals surface area contributed by atoms with Gasteiger partial charge in [0.1, 0.15) is 5.76 Å². The lowest BCUT2D eigenvalue weighted by Crippen LogP contribution is -2.40. The largest absolute Gasteiger partial charge is 0.469 e. The molecule has 1 unspecified atom stereocenters. The smallest absolute Gasteiger partial charge is 0.194 e. The molecule has 0 aliphatic carbocycles. The summed E-state index contributed by atoms with van der Waals surface area (Å²) in [7, 11) is 2.04. The van der Waals surface area contributed by atoms with E-state index in [9.17, 15) is 0 Å². The zero-order chi connectivity index (χ0) is 17.5. The summed E-state index contributed by atoms with van der Waals surface area (Å²) in [5, 5.41) is 6.64. The van der Waals surface area contributed by atoms with Crippen molar-refractivity contribution in [3.63, 3.8) is 0 Å². The van der Waals surface area contributed by atoms with E-state index in [-0.39, 0.29) is 30.1 Å². The summed E-state index contributed by atoms with van der Waals surface area (Å²) >= 11 is 1.68. The third-order valence-electron chi connectivity index (χ3n) is 4.13. The Bertz CT molecular complexity index is 669. The summed E-state index contributed by atoms with van der Waals surface area (Å²) in [6.07, 6.45) is 5.01. The van der Waals surface area contributed by atoms with E-state index in [1.54, 1.807) is 17.6 Å². The Kier molecular flexibility index (Phi) is 8.86. The molecule has 1 saturated heterocycles. The predicted octanol–water partition coefficient (Wildman–Crippen LogP) is 3.46. The number of nitrogens with zero attached hydrogens (tertiary/aromatic N) is 3. The van der Waals surface area contributed by atoms with Crippen LogP contribution in [0, 0.1) is 6.92 Å². The second kappa shape index (κ2) is 10.9. The number of aryl methyl sites for hydroxylation is 1. The van der Waals surface area contributed by atoms with Crippen LogP contribution in [-0.4, -0.2) is 48.7 Å². The van der Waals surface area contributed by atoms with Crippen molar-refractivity contribution >= 4 is 41.3 Å². The van der Waals surface area contributed by atoms with Gasteiger partial charge in [0.25, 0.3) is 0 Å². The summed E-state index contributed by atoms with van der Waals surface area (Å²) in [5.41, 5.74) is 1.07. The van der Waals surface area contributed by atoms with Crippen molar-refractivity contribution in [3.05, 3.63) is 40.2 Å². The first-order valence-corrected chi connectivity index (χ1v) is 9.63. The van der Waals surface area contributed by atoms with Crippen LogP contribution in [0.15, 0.2) is 33.2 Å². The van der Waals surface area contributed by atoms with E-state index in [2.05, 4.69) is 20.6 Å². The minimum atomic E-state index is 0. The summed E-state index contributed by atoms with van der Waals surface area (Å²) in [4.78, 5) is 11.4. The molecule has 0 saturated carbocycles. The van der Waals surface area contributed by atoms with Crippen LogP contribution in [0.1, 0.15) is 29.3 Å². The maximum atomic E-state index is 5.69. The van der Waals surface area contributed by atoms with Crippen molar-refractivity contribution in [3.8, 4) is 0 Å². The van der Waals surface area contributed by atoms with Crippen LogP contribution >= 0.6 is 35.3 Å². The third kappa shape index (κ3) is 6.55. The number of halogens is 1. The van der Waals surface area contributed by atoms with Gasteiger partial charge in [-0.25, -0.2) is 4.98 Å². The first-order valence-electron chi connectivity index (χ1n) is 8.75. The minimum Gasteiger partial charge on any atom is -0.469 e. The fourth-order valence-electron chi connectivity index (χ4n) is 2.84. The monoisotopic (exact) mass is 490 g/mol. The molecule has 26 heavy (non-hydrogen) atoms. The minimum absolute atomic E-state index is 0. The Hall–Kier alpha value is -1.13. The number of guanidine groups is 1. The van der Waals surface area contributed by atoms with Crippen molar-refractivity contribution in [2.24, 2.45) is 4.99 Å². The highest BCUT2D eigenvalue weighted by Crippen LogP contribution is 2.13. The number of aliphatic imine (C=N–C) groups is 1. The highest BCUT2D eigenvalue weighted by Gasteiger charge is 2.16. The van der Waals surface area contributed by atoms with Gasteiger partial charge in [0.05, 0.1) is 36.2 Å². The first kappa shape index (κ1) is 21.2. The van der Waals surface area contributed by atoms with E-state index >= 15 is 0 Å². The van der Waals surface area contributed by atoms with Crippen LogP contribution in [-0.2, 0) is 17.7 Å². The molecule has 0 bridgehead atoms. The highest BCUT2D eigenvalue weighted by atomic mass is 127. The number of aromatic nitrogens is 1. The Labute approximate surface area is 176 Å². The fraction of sp³-hybridized carbons (Fsp3) is 0.556. The average Bonchev–Trinajstić information content (AvgIpc) is 3.34. The van der Waals surface area contributed by atoms with Gasteiger partial charge < -0.3 is 19.4 Å². The van der Waals surface area contributed by atoms with Gasteiger partial charge in [-0.05, 0) is 31.9 Å². The fourth-order valence-corrected chi connectivity index (χ4v) is 3.44. The molecule has 8 heteroatoms. The number of ether oxygens (including phenoxy) is 1. The van der Waals surface area contributed by atoms with E-state index in [4.69, 9.17) is 14.1 Å². The van der Waals surface area contributed by atoms with Gasteiger partial charge in [-0.15, -0.1) is 35.3 Å². The molecule has 0 aromatic carbocycles. The Morgan fingerprint density at radius 1 is 1.50 bits per heavy atom. The predicted molar refractivity (Wildman–Crippen MR) is 115 cm³/mol. The van der Waals surface area contributed by atoms with Crippen LogP contribution in [0.25, 0.3) is 0 Å². The summed E-state index contributed by atoms with van der Waals surface area (Å²) in [5.74, 6) is 1.86. The maximum absolute atomic E-state index is 5.69. The number of hydrogen-bond donors (Lipinski definition) is 1. The molecule has 6 nitrogen and oxygen atoms in total. The summed E-state index contributed by atoms with van der Waals surface area (Å²) in [6, 6.07) is 3.91. The van der Waals surface area contributed by atoms with Crippen molar-refractivity contribution in [1.29, 1.82) is 0 Å². The number of furan rings is 1. The van der Waals surface area contributed by atoms with Crippen molar-refractivity contribution in [2.45, 2.75) is 38.8 Å². The van der Waals surface area contributed by atoms with Crippen LogP contribution in [0.5, 0.6) is 0 Å². The molecule has 2 aromatic rings. The first-order chi connectivity index (χ1) is 12.2. The Morgan fingerprint density at radius 2 is 2.38 bits per heavy atom. The number of thiazole rings is 1. The van der Waals surface area contributed by atoms with Gasteiger partial charge in [-0.3, -0.25) is 4.99 Å². The van der Waals surface area contributed by atoms with E-state index < -0.39 is 0 Å². The van der Waals surface area contributed by atoms with E-state index in [1.807, 2.05) is 26.1 Å². The lowest BCUT2D eigenvalue weighted by molar-refractivity contribution is 0.117. The van der Waals surface area contributed by atoms with Gasteiger partial charge in [-0.1, -0.05) is 0 Å². The van der Waals surface area contributed by atoms with Gasteiger partial charge >= 0.3 is 0 Å². The highest BCUT2D eigenvalue weighted by molar-refractivity contribution is 14.0. The molecule has 1 N–H and O–H groups in total. The molecule has 1 aliphatic rings. The molecule has 144 valence electrons. The number of nitrogens with one attached hydrogen (secondary N) is 1. The summed E-state index contributed by atoms with van der Waals surface area (Å²) < 4.78 is 11.1. The topological polar surface area (TPSA) is 62.9 Å². The summed E-state index contributed by atoms with van der Waals surface area (Å²) in [6.45, 7) is 5.10. The lowest BCUT2D eigenvalue weighted by Gasteiger charge is -2.22. The molecule has 0 radical (unpaired) electrons. The van der Waals surface area contributed by atoms with Crippen molar-refractivity contribution in [2.75, 3.05) is 26.7 Å².